The maximum Gasteiger partial charge on any atom is 0.490 e. The van der Waals surface area contributed by atoms with E-state index in [1.54, 1.807) is 12.1 Å². The van der Waals surface area contributed by atoms with Crippen molar-refractivity contribution in [1.82, 2.24) is 14.7 Å². The molecular formula is C26H24Cl2F3N3O3. The quantitative estimate of drug-likeness (QED) is 0.380. The van der Waals surface area contributed by atoms with E-state index in [0.29, 0.717) is 21.6 Å². The third kappa shape index (κ3) is 5.16. The summed E-state index contributed by atoms with van der Waals surface area (Å²) in [6.07, 6.45) is 4.24. The molecule has 2 aromatic heterocycles. The fraction of sp³-hybridized carbons (Fsp3) is 0.423. The molecule has 4 saturated carbocycles. The molecule has 196 valence electrons. The molecule has 3 aromatic rings. The second-order valence-electron chi connectivity index (χ2n) is 10.3. The highest BCUT2D eigenvalue weighted by Gasteiger charge is 2.51. The minimum atomic E-state index is -5.08. The van der Waals surface area contributed by atoms with Gasteiger partial charge in [0.25, 0.3) is 5.91 Å². The highest BCUT2D eigenvalue weighted by atomic mass is 35.5. The number of nitrogens with zero attached hydrogens (tertiary/aromatic N) is 2. The minimum absolute atomic E-state index is 0.0470. The lowest BCUT2D eigenvalue weighted by Gasteiger charge is -2.56. The van der Waals surface area contributed by atoms with Gasteiger partial charge in [-0.1, -0.05) is 29.3 Å². The molecule has 4 fully saturated rings. The molecule has 37 heavy (non-hydrogen) atoms. The number of benzene rings is 1. The minimum Gasteiger partial charge on any atom is -0.475 e. The third-order valence-corrected chi connectivity index (χ3v) is 8.14. The average Bonchev–Trinajstić information content (AvgIpc) is 3.17. The number of imidazole rings is 1. The molecule has 0 unspecified atom stereocenters. The number of alkyl halides is 3. The summed E-state index contributed by atoms with van der Waals surface area (Å²) >= 11 is 12.5. The number of carboxylic acids is 1. The molecule has 1 aromatic carbocycles. The number of aliphatic carboxylic acids is 1. The van der Waals surface area contributed by atoms with Gasteiger partial charge in [-0.05, 0) is 86.6 Å². The topological polar surface area (TPSA) is 83.7 Å². The van der Waals surface area contributed by atoms with Crippen molar-refractivity contribution < 1.29 is 27.9 Å². The number of pyridine rings is 1. The number of nitrogens with one attached hydrogen (secondary N) is 1. The molecule has 0 spiro atoms. The van der Waals surface area contributed by atoms with Gasteiger partial charge in [-0.2, -0.15) is 13.2 Å². The molecule has 1 amide bonds. The Bertz CT molecular complexity index is 1340. The number of fused-ring (bicyclic) bond motifs is 1. The zero-order valence-corrected chi connectivity index (χ0v) is 21.1. The summed E-state index contributed by atoms with van der Waals surface area (Å²) in [7, 11) is 0. The Morgan fingerprint density at radius 1 is 1.03 bits per heavy atom. The number of amides is 1. The van der Waals surface area contributed by atoms with Crippen LogP contribution >= 0.6 is 23.2 Å². The fourth-order valence-electron chi connectivity index (χ4n) is 6.63. The summed E-state index contributed by atoms with van der Waals surface area (Å²) in [5.41, 5.74) is 1.97. The molecule has 2 heterocycles. The predicted octanol–water partition coefficient (Wildman–Crippen LogP) is 6.64. The van der Waals surface area contributed by atoms with Crippen LogP contribution in [0.4, 0.5) is 13.2 Å². The van der Waals surface area contributed by atoms with Crippen molar-refractivity contribution in [3.05, 3.63) is 58.3 Å². The van der Waals surface area contributed by atoms with E-state index in [4.69, 9.17) is 38.1 Å². The first-order chi connectivity index (χ1) is 17.4. The number of carbonyl (C=O) groups excluding carboxylic acids is 1. The fourth-order valence-corrected chi connectivity index (χ4v) is 7.12. The van der Waals surface area contributed by atoms with Gasteiger partial charge in [0.15, 0.2) is 5.69 Å². The highest BCUT2D eigenvalue weighted by Crippen LogP contribution is 2.55. The van der Waals surface area contributed by atoms with Crippen LogP contribution in [0, 0.1) is 17.8 Å². The van der Waals surface area contributed by atoms with Crippen LogP contribution in [-0.4, -0.2) is 38.1 Å². The summed E-state index contributed by atoms with van der Waals surface area (Å²) in [6.45, 7) is 0. The van der Waals surface area contributed by atoms with E-state index in [2.05, 4.69) is 5.32 Å². The molecule has 6 nitrogen and oxygen atoms in total. The van der Waals surface area contributed by atoms with Gasteiger partial charge in [-0.15, -0.1) is 0 Å². The molecular weight excluding hydrogens is 530 g/mol. The number of aromatic nitrogens is 2. The predicted molar refractivity (Wildman–Crippen MR) is 133 cm³/mol. The number of hydrogen-bond donors (Lipinski definition) is 2. The lowest BCUT2D eigenvalue weighted by Crippen LogP contribution is -2.59. The molecule has 11 heteroatoms. The van der Waals surface area contributed by atoms with Gasteiger partial charge >= 0.3 is 12.1 Å². The monoisotopic (exact) mass is 553 g/mol. The normalized spacial score (nSPS) is 26.0. The maximum atomic E-state index is 13.5. The van der Waals surface area contributed by atoms with Crippen LogP contribution < -0.4 is 5.32 Å². The number of hydrogen-bond acceptors (Lipinski definition) is 3. The van der Waals surface area contributed by atoms with Crippen molar-refractivity contribution >= 4 is 40.6 Å². The van der Waals surface area contributed by atoms with E-state index in [1.807, 2.05) is 34.9 Å². The zero-order valence-electron chi connectivity index (χ0n) is 19.6. The van der Waals surface area contributed by atoms with Crippen LogP contribution in [0.2, 0.25) is 10.0 Å². The Hall–Kier alpha value is -2.78. The van der Waals surface area contributed by atoms with Gasteiger partial charge in [0.2, 0.25) is 0 Å². The molecule has 4 bridgehead atoms. The van der Waals surface area contributed by atoms with Crippen LogP contribution in [0.5, 0.6) is 0 Å². The maximum absolute atomic E-state index is 13.5. The Balaban J connectivity index is 0.000000355. The first-order valence-electron chi connectivity index (χ1n) is 12.0. The van der Waals surface area contributed by atoms with Gasteiger partial charge in [0.1, 0.15) is 5.82 Å². The van der Waals surface area contributed by atoms with Crippen molar-refractivity contribution in [3.8, 4) is 11.4 Å². The number of carboxylic acid groups (broad SMARTS) is 1. The second kappa shape index (κ2) is 9.51. The van der Waals surface area contributed by atoms with E-state index in [0.717, 1.165) is 48.1 Å². The van der Waals surface area contributed by atoms with Gasteiger partial charge < -0.3 is 10.4 Å². The summed E-state index contributed by atoms with van der Waals surface area (Å²) in [5, 5.41) is 11.7. The van der Waals surface area contributed by atoms with Gasteiger partial charge in [-0.3, -0.25) is 9.20 Å². The molecule has 7 rings (SSSR count). The largest absolute Gasteiger partial charge is 0.490 e. The lowest BCUT2D eigenvalue weighted by atomic mass is 9.53. The van der Waals surface area contributed by atoms with E-state index in [1.165, 1.54) is 19.3 Å². The average molecular weight is 554 g/mol. The Kier molecular flexibility index (Phi) is 6.64. The molecule has 4 aliphatic carbocycles. The van der Waals surface area contributed by atoms with Crippen LogP contribution in [0.15, 0.2) is 42.6 Å². The van der Waals surface area contributed by atoms with E-state index < -0.39 is 12.1 Å². The van der Waals surface area contributed by atoms with Crippen molar-refractivity contribution in [2.24, 2.45) is 17.8 Å². The van der Waals surface area contributed by atoms with E-state index in [-0.39, 0.29) is 11.4 Å². The summed E-state index contributed by atoms with van der Waals surface area (Å²) in [6, 6.07) is 11.2. The molecule has 2 N–H and O–H groups in total. The Morgan fingerprint density at radius 2 is 1.62 bits per heavy atom. The Labute approximate surface area is 220 Å². The smallest absolute Gasteiger partial charge is 0.475 e. The number of carbonyl (C=O) groups is 2. The van der Waals surface area contributed by atoms with Crippen molar-refractivity contribution in [2.45, 2.75) is 50.2 Å². The molecule has 4 aliphatic rings. The van der Waals surface area contributed by atoms with Gasteiger partial charge in [0, 0.05) is 22.3 Å². The van der Waals surface area contributed by atoms with Crippen molar-refractivity contribution in [2.75, 3.05) is 0 Å². The molecule has 0 saturated heterocycles. The van der Waals surface area contributed by atoms with E-state index >= 15 is 0 Å². The Morgan fingerprint density at radius 3 is 2.16 bits per heavy atom. The van der Waals surface area contributed by atoms with Crippen LogP contribution in [-0.2, 0) is 4.79 Å². The standard InChI is InChI=1S/C24H23Cl2N3O.C2HF3O2/c25-17-4-5-18(19(26)10-17)22-27-21(20-3-1-2-6-29(20)22)23(30)28-24-11-14-7-15(12-24)9-16(8-14)13-24;3-2(4,5)1(6)7/h1-6,10,14-16H,7-9,11-13H2,(H,28,30);(H,6,7). The van der Waals surface area contributed by atoms with E-state index in [9.17, 15) is 18.0 Å². The first-order valence-corrected chi connectivity index (χ1v) is 12.7. The lowest BCUT2D eigenvalue weighted by molar-refractivity contribution is -0.192. The summed E-state index contributed by atoms with van der Waals surface area (Å²) in [5.74, 6) is 0.156. The van der Waals surface area contributed by atoms with Crippen LogP contribution in [0.1, 0.15) is 49.0 Å². The van der Waals surface area contributed by atoms with Crippen molar-refractivity contribution in [3.63, 3.8) is 0 Å². The van der Waals surface area contributed by atoms with Crippen LogP contribution in [0.3, 0.4) is 0 Å². The number of rotatable bonds is 3. The third-order valence-electron chi connectivity index (χ3n) is 7.59. The van der Waals surface area contributed by atoms with Crippen LogP contribution in [0.25, 0.3) is 16.9 Å². The zero-order chi connectivity index (χ0) is 26.5. The summed E-state index contributed by atoms with van der Waals surface area (Å²) < 4.78 is 33.7. The number of halogens is 5. The highest BCUT2D eigenvalue weighted by molar-refractivity contribution is 6.36. The van der Waals surface area contributed by atoms with Gasteiger partial charge in [-0.25, -0.2) is 9.78 Å². The molecule has 0 aliphatic heterocycles. The molecule has 0 atom stereocenters. The summed E-state index contributed by atoms with van der Waals surface area (Å²) in [4.78, 5) is 27.2. The molecule has 0 radical (unpaired) electrons. The second-order valence-corrected chi connectivity index (χ2v) is 11.2. The SMILES string of the molecule is O=C(NC12CC3CC(CC(C3)C1)C2)c1nc(-c2ccc(Cl)cc2Cl)n2ccccc12.O=C(O)C(F)(F)F. The van der Waals surface area contributed by atoms with Crippen molar-refractivity contribution in [1.29, 1.82) is 0 Å². The van der Waals surface area contributed by atoms with Gasteiger partial charge in [0.05, 0.1) is 10.5 Å². The first kappa shape index (κ1) is 25.9.